The molecule has 1 saturated heterocycles. The van der Waals surface area contributed by atoms with Crippen molar-refractivity contribution in [2.24, 2.45) is 0 Å². The molecule has 0 aromatic rings. The van der Waals surface area contributed by atoms with Crippen LogP contribution in [-0.2, 0) is 19.3 Å². The van der Waals surface area contributed by atoms with Crippen LogP contribution in [0, 0.1) is 0 Å². The lowest BCUT2D eigenvalue weighted by molar-refractivity contribution is -0.245. The van der Waals surface area contributed by atoms with Crippen molar-refractivity contribution in [3.05, 3.63) is 0 Å². The maximum Gasteiger partial charge on any atom is 0.397 e. The molecule has 1 aliphatic heterocycles. The van der Waals surface area contributed by atoms with E-state index in [0.717, 1.165) is 0 Å². The van der Waals surface area contributed by atoms with Crippen molar-refractivity contribution in [1.29, 1.82) is 0 Å². The number of hydrogen-bond donors (Lipinski definition) is 4. The van der Waals surface area contributed by atoms with Gasteiger partial charge in [-0.05, 0) is 0 Å². The molecule has 84 valence electrons. The summed E-state index contributed by atoms with van der Waals surface area (Å²) in [5.74, 6) is 0. The molecule has 4 atom stereocenters. The minimum atomic E-state index is -4.82. The van der Waals surface area contributed by atoms with Gasteiger partial charge in [-0.3, -0.25) is 4.55 Å². The first-order valence-electron chi connectivity index (χ1n) is 3.63. The van der Waals surface area contributed by atoms with E-state index in [-0.39, 0.29) is 6.61 Å². The van der Waals surface area contributed by atoms with E-state index in [1.54, 1.807) is 0 Å². The van der Waals surface area contributed by atoms with Gasteiger partial charge in [-0.1, -0.05) is 0 Å². The molecule has 1 heterocycles. The summed E-state index contributed by atoms with van der Waals surface area (Å²) in [5, 5.41) is 27.2. The van der Waals surface area contributed by atoms with Crippen molar-refractivity contribution < 1.29 is 37.2 Å². The fraction of sp³-hybridized carbons (Fsp3) is 1.00. The maximum absolute atomic E-state index is 10.3. The third-order valence-electron chi connectivity index (χ3n) is 1.68. The van der Waals surface area contributed by atoms with Gasteiger partial charge in [0.15, 0.2) is 12.4 Å². The molecule has 0 amide bonds. The van der Waals surface area contributed by atoms with Crippen LogP contribution in [-0.4, -0.2) is 59.5 Å². The lowest BCUT2D eigenvalue weighted by Crippen LogP contribution is -2.54. The molecule has 8 nitrogen and oxygen atoms in total. The van der Waals surface area contributed by atoms with Gasteiger partial charge in [0, 0.05) is 0 Å². The Bertz CT molecular complexity index is 286. The molecule has 0 saturated carbocycles. The molecule has 0 spiro atoms. The van der Waals surface area contributed by atoms with Crippen LogP contribution in [0.2, 0.25) is 0 Å². The Balaban J connectivity index is 2.73. The van der Waals surface area contributed by atoms with Crippen LogP contribution in [0.15, 0.2) is 0 Å². The summed E-state index contributed by atoms with van der Waals surface area (Å²) in [6, 6.07) is 0. The van der Waals surface area contributed by atoms with E-state index < -0.39 is 35.0 Å². The van der Waals surface area contributed by atoms with Gasteiger partial charge in [-0.25, -0.2) is 4.18 Å². The molecule has 0 aromatic carbocycles. The fourth-order valence-corrected chi connectivity index (χ4v) is 1.51. The normalized spacial score (nSPS) is 39.7. The van der Waals surface area contributed by atoms with E-state index in [1.165, 1.54) is 0 Å². The van der Waals surface area contributed by atoms with Crippen LogP contribution < -0.4 is 0 Å². The van der Waals surface area contributed by atoms with Crippen molar-refractivity contribution in [2.45, 2.75) is 24.6 Å². The van der Waals surface area contributed by atoms with Crippen molar-refractivity contribution >= 4 is 10.4 Å². The first-order valence-corrected chi connectivity index (χ1v) is 4.99. The highest BCUT2D eigenvalue weighted by atomic mass is 32.3. The van der Waals surface area contributed by atoms with Gasteiger partial charge in [0.05, 0.1) is 6.61 Å². The number of rotatable bonds is 2. The van der Waals surface area contributed by atoms with Gasteiger partial charge in [0.1, 0.15) is 12.2 Å². The van der Waals surface area contributed by atoms with Crippen LogP contribution in [0.25, 0.3) is 0 Å². The SMILES string of the molecule is O=S(=O)(O)O[C@H]1C(O)OC[C@@H](O)[C@@H]1O. The number of ether oxygens (including phenoxy) is 1. The first kappa shape index (κ1) is 11.8. The third kappa shape index (κ3) is 2.85. The second kappa shape index (κ2) is 4.06. The average molecular weight is 230 g/mol. The molecule has 1 unspecified atom stereocenters. The van der Waals surface area contributed by atoms with Crippen molar-refractivity contribution in [1.82, 2.24) is 0 Å². The van der Waals surface area contributed by atoms with Crippen LogP contribution in [0.3, 0.4) is 0 Å². The Labute approximate surface area is 79.6 Å². The van der Waals surface area contributed by atoms with E-state index >= 15 is 0 Å². The molecule has 1 aliphatic rings. The minimum Gasteiger partial charge on any atom is -0.388 e. The zero-order valence-electron chi connectivity index (χ0n) is 6.85. The van der Waals surface area contributed by atoms with Crippen LogP contribution in [0.5, 0.6) is 0 Å². The van der Waals surface area contributed by atoms with E-state index in [4.69, 9.17) is 14.8 Å². The van der Waals surface area contributed by atoms with E-state index in [9.17, 15) is 13.5 Å². The lowest BCUT2D eigenvalue weighted by Gasteiger charge is -2.33. The second-order valence-electron chi connectivity index (χ2n) is 2.77. The Morgan fingerprint density at radius 2 is 1.86 bits per heavy atom. The van der Waals surface area contributed by atoms with Gasteiger partial charge in [0.2, 0.25) is 0 Å². The zero-order chi connectivity index (χ0) is 10.9. The largest absolute Gasteiger partial charge is 0.397 e. The molecular weight excluding hydrogens is 220 g/mol. The molecule has 0 radical (unpaired) electrons. The quantitative estimate of drug-likeness (QED) is 0.375. The molecule has 4 N–H and O–H groups in total. The van der Waals surface area contributed by atoms with Crippen LogP contribution >= 0.6 is 0 Å². The summed E-state index contributed by atoms with van der Waals surface area (Å²) in [6.45, 7) is -0.354. The van der Waals surface area contributed by atoms with Crippen LogP contribution in [0.4, 0.5) is 0 Å². The van der Waals surface area contributed by atoms with Crippen LogP contribution in [0.1, 0.15) is 0 Å². The highest BCUT2D eigenvalue weighted by Gasteiger charge is 2.41. The monoisotopic (exact) mass is 230 g/mol. The highest BCUT2D eigenvalue weighted by Crippen LogP contribution is 2.18. The Morgan fingerprint density at radius 3 is 2.36 bits per heavy atom. The van der Waals surface area contributed by atoms with E-state index in [1.807, 2.05) is 0 Å². The van der Waals surface area contributed by atoms with Gasteiger partial charge < -0.3 is 20.1 Å². The predicted octanol–water partition coefficient (Wildman–Crippen LogP) is -2.76. The minimum absolute atomic E-state index is 0.354. The average Bonchev–Trinajstić information content (AvgIpc) is 2.04. The fourth-order valence-electron chi connectivity index (χ4n) is 1.02. The van der Waals surface area contributed by atoms with Crippen molar-refractivity contribution in [2.75, 3.05) is 6.61 Å². The smallest absolute Gasteiger partial charge is 0.388 e. The summed E-state index contributed by atoms with van der Waals surface area (Å²) >= 11 is 0. The maximum atomic E-state index is 10.3. The number of aliphatic hydroxyl groups excluding tert-OH is 3. The van der Waals surface area contributed by atoms with Gasteiger partial charge >= 0.3 is 10.4 Å². The molecular formula is C5H10O8S. The summed E-state index contributed by atoms with van der Waals surface area (Å²) in [4.78, 5) is 0. The van der Waals surface area contributed by atoms with E-state index in [0.29, 0.717) is 0 Å². The summed E-state index contributed by atoms with van der Waals surface area (Å²) in [7, 11) is -4.82. The standard InChI is InChI=1S/C5H10O8S/c6-2-1-12-5(8)4(3(2)7)13-14(9,10)11/h2-8H,1H2,(H,9,10,11)/t2-,3+,4-,5?/m1/s1. The van der Waals surface area contributed by atoms with Gasteiger partial charge in [0.25, 0.3) is 0 Å². The summed E-state index contributed by atoms with van der Waals surface area (Å²) in [6.07, 6.45) is -6.50. The second-order valence-corrected chi connectivity index (χ2v) is 3.82. The first-order chi connectivity index (χ1) is 6.31. The summed E-state index contributed by atoms with van der Waals surface area (Å²) < 4.78 is 37.2. The topological polar surface area (TPSA) is 134 Å². The third-order valence-corrected chi connectivity index (χ3v) is 2.15. The molecule has 9 heteroatoms. The predicted molar refractivity (Wildman–Crippen MR) is 40.4 cm³/mol. The Morgan fingerprint density at radius 1 is 1.29 bits per heavy atom. The number of hydrogen-bond acceptors (Lipinski definition) is 7. The molecule has 14 heavy (non-hydrogen) atoms. The molecule has 0 aliphatic carbocycles. The highest BCUT2D eigenvalue weighted by molar-refractivity contribution is 7.80. The molecule has 1 fully saturated rings. The molecule has 0 bridgehead atoms. The van der Waals surface area contributed by atoms with Gasteiger partial charge in [-0.2, -0.15) is 8.42 Å². The Hall–Kier alpha value is -0.290. The van der Waals surface area contributed by atoms with Crippen molar-refractivity contribution in [3.63, 3.8) is 0 Å². The summed E-state index contributed by atoms with van der Waals surface area (Å²) in [5.41, 5.74) is 0. The molecule has 1 rings (SSSR count). The molecule has 0 aromatic heterocycles. The number of aliphatic hydroxyl groups is 3. The Kier molecular flexibility index (Phi) is 3.42. The zero-order valence-corrected chi connectivity index (χ0v) is 7.66. The lowest BCUT2D eigenvalue weighted by atomic mass is 10.1. The van der Waals surface area contributed by atoms with Crippen molar-refractivity contribution in [3.8, 4) is 0 Å². The van der Waals surface area contributed by atoms with Gasteiger partial charge in [-0.15, -0.1) is 0 Å². The van der Waals surface area contributed by atoms with E-state index in [2.05, 4.69) is 8.92 Å².